The molecule has 3 aromatic heterocycles. The first-order valence-corrected chi connectivity index (χ1v) is 12.2. The summed E-state index contributed by atoms with van der Waals surface area (Å²) in [5.41, 5.74) is 12.0. The van der Waals surface area contributed by atoms with Gasteiger partial charge in [0.2, 0.25) is 0 Å². The lowest BCUT2D eigenvalue weighted by atomic mass is 10.1. The zero-order valence-corrected chi connectivity index (χ0v) is 19.8. The molecule has 1 amide bonds. The van der Waals surface area contributed by atoms with E-state index in [1.165, 1.54) is 12.8 Å². The molecule has 0 bridgehead atoms. The van der Waals surface area contributed by atoms with Gasteiger partial charge in [-0.15, -0.1) is 0 Å². The molecule has 2 N–H and O–H groups in total. The van der Waals surface area contributed by atoms with Crippen molar-refractivity contribution >= 4 is 22.3 Å². The number of pyridine rings is 1. The molecule has 0 spiro atoms. The maximum Gasteiger partial charge on any atom is 0.255 e. The molecule has 0 radical (unpaired) electrons. The van der Waals surface area contributed by atoms with Crippen molar-refractivity contribution in [2.45, 2.75) is 45.2 Å². The van der Waals surface area contributed by atoms with Crippen molar-refractivity contribution < 1.29 is 9.53 Å². The fourth-order valence-electron chi connectivity index (χ4n) is 5.32. The number of rotatable bonds is 5. The first-order chi connectivity index (χ1) is 16.5. The van der Waals surface area contributed by atoms with Gasteiger partial charge in [-0.1, -0.05) is 12.1 Å². The zero-order chi connectivity index (χ0) is 23.4. The van der Waals surface area contributed by atoms with Gasteiger partial charge < -0.3 is 19.9 Å². The fourth-order valence-corrected chi connectivity index (χ4v) is 5.32. The quantitative estimate of drug-likeness (QED) is 0.486. The number of nitrogens with zero attached hydrogens (tertiary/aromatic N) is 4. The number of hydrogen-bond acceptors (Lipinski definition) is 4. The monoisotopic (exact) mass is 457 g/mol. The van der Waals surface area contributed by atoms with Crippen molar-refractivity contribution in [1.82, 2.24) is 19.1 Å². The van der Waals surface area contributed by atoms with E-state index in [0.717, 1.165) is 65.1 Å². The molecule has 1 aromatic carbocycles. The lowest BCUT2D eigenvalue weighted by molar-refractivity contribution is 0.0708. The lowest BCUT2D eigenvalue weighted by Gasteiger charge is -2.30. The van der Waals surface area contributed by atoms with Gasteiger partial charge in [-0.25, -0.2) is 4.52 Å². The second kappa shape index (κ2) is 8.17. The third kappa shape index (κ3) is 3.55. The van der Waals surface area contributed by atoms with Crippen LogP contribution in [0.3, 0.4) is 0 Å². The predicted octanol–water partition coefficient (Wildman–Crippen LogP) is 4.25. The van der Waals surface area contributed by atoms with Gasteiger partial charge >= 0.3 is 0 Å². The predicted molar refractivity (Wildman–Crippen MR) is 133 cm³/mol. The van der Waals surface area contributed by atoms with E-state index < -0.39 is 0 Å². The first kappa shape index (κ1) is 21.2. The number of fused-ring (bicyclic) bond motifs is 2. The Morgan fingerprint density at radius 1 is 1.21 bits per heavy atom. The molecule has 7 heteroatoms. The third-order valence-electron chi connectivity index (χ3n) is 7.35. The second-order valence-electron chi connectivity index (χ2n) is 9.86. The SMILES string of the molecule is COc1cccc2cc(-c3nn4cc(C(=O)N5CCC[C@@H](N)C5)ccc4c3C)n(CC3CC3)c12. The summed E-state index contributed by atoms with van der Waals surface area (Å²) in [4.78, 5) is 15.0. The van der Waals surface area contributed by atoms with E-state index in [1.807, 2.05) is 39.9 Å². The van der Waals surface area contributed by atoms with Gasteiger partial charge in [-0.05, 0) is 62.8 Å². The highest BCUT2D eigenvalue weighted by atomic mass is 16.5. The summed E-state index contributed by atoms with van der Waals surface area (Å²) in [6.07, 6.45) is 6.33. The first-order valence-electron chi connectivity index (χ1n) is 12.2. The average Bonchev–Trinajstić information content (AvgIpc) is 3.52. The number of likely N-dealkylation sites (tertiary alicyclic amines) is 1. The Morgan fingerprint density at radius 2 is 2.06 bits per heavy atom. The van der Waals surface area contributed by atoms with E-state index in [-0.39, 0.29) is 11.9 Å². The summed E-state index contributed by atoms with van der Waals surface area (Å²) < 4.78 is 9.95. The number of aromatic nitrogens is 3. The van der Waals surface area contributed by atoms with Crippen molar-refractivity contribution in [3.8, 4) is 17.1 Å². The highest BCUT2D eigenvalue weighted by molar-refractivity contribution is 5.95. The van der Waals surface area contributed by atoms with E-state index in [2.05, 4.69) is 23.6 Å². The molecule has 4 heterocycles. The standard InChI is InChI=1S/C27H31N5O2/c1-17-22-11-10-20(27(33)30-12-4-6-21(28)16-30)15-32(22)29-25(17)23-13-19-5-3-7-24(34-2)26(19)31(23)14-18-8-9-18/h3,5,7,10-11,13,15,18,21H,4,6,8-9,12,14,16,28H2,1-2H3/t21-/m1/s1. The minimum atomic E-state index is 0.0272. The van der Waals surface area contributed by atoms with Gasteiger partial charge in [-0.3, -0.25) is 4.79 Å². The van der Waals surface area contributed by atoms with Crippen LogP contribution in [0.2, 0.25) is 0 Å². The Hall–Kier alpha value is -3.32. The smallest absolute Gasteiger partial charge is 0.255 e. The van der Waals surface area contributed by atoms with Crippen molar-refractivity contribution in [2.75, 3.05) is 20.2 Å². The minimum absolute atomic E-state index is 0.0272. The molecule has 1 aliphatic carbocycles. The van der Waals surface area contributed by atoms with Crippen molar-refractivity contribution in [3.05, 3.63) is 53.7 Å². The number of para-hydroxylation sites is 1. The second-order valence-corrected chi connectivity index (χ2v) is 9.86. The van der Waals surface area contributed by atoms with Crippen molar-refractivity contribution in [3.63, 3.8) is 0 Å². The Morgan fingerprint density at radius 3 is 2.82 bits per heavy atom. The van der Waals surface area contributed by atoms with E-state index in [9.17, 15) is 4.79 Å². The number of aryl methyl sites for hydroxylation is 1. The Kier molecular flexibility index (Phi) is 5.10. The van der Waals surface area contributed by atoms with E-state index in [4.69, 9.17) is 15.6 Å². The Bertz CT molecular complexity index is 1400. The van der Waals surface area contributed by atoms with E-state index in [0.29, 0.717) is 18.0 Å². The molecule has 1 atom stereocenters. The number of hydrogen-bond donors (Lipinski definition) is 1. The van der Waals surface area contributed by atoms with Gasteiger partial charge in [-0.2, -0.15) is 5.10 Å². The number of carbonyl (C=O) groups is 1. The number of amides is 1. The van der Waals surface area contributed by atoms with Gasteiger partial charge in [0.15, 0.2) is 0 Å². The molecule has 1 aliphatic heterocycles. The largest absolute Gasteiger partial charge is 0.495 e. The topological polar surface area (TPSA) is 77.8 Å². The summed E-state index contributed by atoms with van der Waals surface area (Å²) in [7, 11) is 1.73. The number of piperidine rings is 1. The zero-order valence-electron chi connectivity index (χ0n) is 19.8. The van der Waals surface area contributed by atoms with E-state index >= 15 is 0 Å². The molecule has 1 saturated carbocycles. The van der Waals surface area contributed by atoms with Crippen LogP contribution < -0.4 is 10.5 Å². The van der Waals surface area contributed by atoms with Crippen LogP contribution in [0.4, 0.5) is 0 Å². The maximum atomic E-state index is 13.1. The van der Waals surface area contributed by atoms with Crippen LogP contribution in [-0.4, -0.2) is 51.2 Å². The normalized spacial score (nSPS) is 18.7. The number of ether oxygens (including phenoxy) is 1. The van der Waals surface area contributed by atoms with Gasteiger partial charge in [0, 0.05) is 42.8 Å². The van der Waals surface area contributed by atoms with Crippen LogP contribution in [0, 0.1) is 12.8 Å². The summed E-state index contributed by atoms with van der Waals surface area (Å²) in [6.45, 7) is 4.45. The molecule has 34 heavy (non-hydrogen) atoms. The minimum Gasteiger partial charge on any atom is -0.495 e. The maximum absolute atomic E-state index is 13.1. The number of carbonyl (C=O) groups excluding carboxylic acids is 1. The molecule has 4 aromatic rings. The van der Waals surface area contributed by atoms with Crippen LogP contribution in [-0.2, 0) is 6.54 Å². The van der Waals surface area contributed by atoms with Gasteiger partial charge in [0.1, 0.15) is 11.4 Å². The highest BCUT2D eigenvalue weighted by Gasteiger charge is 2.27. The number of benzene rings is 1. The summed E-state index contributed by atoms with van der Waals surface area (Å²) in [5.74, 6) is 1.62. The van der Waals surface area contributed by atoms with Crippen molar-refractivity contribution in [2.24, 2.45) is 11.7 Å². The van der Waals surface area contributed by atoms with Crippen LogP contribution in [0.1, 0.15) is 41.6 Å². The molecule has 2 fully saturated rings. The van der Waals surface area contributed by atoms with Crippen LogP contribution in [0.25, 0.3) is 27.8 Å². The molecule has 2 aliphatic rings. The molecular formula is C27H31N5O2. The van der Waals surface area contributed by atoms with Crippen molar-refractivity contribution in [1.29, 1.82) is 0 Å². The van der Waals surface area contributed by atoms with Crippen LogP contribution in [0.15, 0.2) is 42.6 Å². The Labute approximate surface area is 199 Å². The Balaban J connectivity index is 1.44. The molecular weight excluding hydrogens is 426 g/mol. The van der Waals surface area contributed by atoms with E-state index in [1.54, 1.807) is 7.11 Å². The summed E-state index contributed by atoms with van der Waals surface area (Å²) >= 11 is 0. The highest BCUT2D eigenvalue weighted by Crippen LogP contribution is 2.39. The number of nitrogens with two attached hydrogens (primary N) is 1. The van der Waals surface area contributed by atoms with Gasteiger partial charge in [0.05, 0.1) is 29.4 Å². The van der Waals surface area contributed by atoms with Crippen LogP contribution in [0.5, 0.6) is 5.75 Å². The number of methoxy groups -OCH3 is 1. The fraction of sp³-hybridized carbons (Fsp3) is 0.407. The van der Waals surface area contributed by atoms with Crippen LogP contribution >= 0.6 is 0 Å². The molecule has 0 unspecified atom stereocenters. The molecule has 176 valence electrons. The molecule has 1 saturated heterocycles. The third-order valence-corrected chi connectivity index (χ3v) is 7.35. The summed E-state index contributed by atoms with van der Waals surface area (Å²) in [6, 6.07) is 12.4. The molecule has 7 nitrogen and oxygen atoms in total. The summed E-state index contributed by atoms with van der Waals surface area (Å²) in [5, 5.41) is 6.14. The van der Waals surface area contributed by atoms with Gasteiger partial charge in [0.25, 0.3) is 5.91 Å². The average molecular weight is 458 g/mol. The molecule has 6 rings (SSSR count). The lowest BCUT2D eigenvalue weighted by Crippen LogP contribution is -2.45.